The first-order valence-electron chi connectivity index (χ1n) is 8.62. The van der Waals surface area contributed by atoms with Crippen LogP contribution in [0.2, 0.25) is 0 Å². The number of fused-ring (bicyclic) bond motifs is 1. The molecule has 0 radical (unpaired) electrons. The molecule has 3 rings (SSSR count). The van der Waals surface area contributed by atoms with Gasteiger partial charge in [0.05, 0.1) is 22.7 Å². The zero-order chi connectivity index (χ0) is 20.5. The Morgan fingerprint density at radius 2 is 1.93 bits per heavy atom. The maximum atomic E-state index is 12.7. The third-order valence-corrected chi connectivity index (χ3v) is 6.72. The zero-order valence-electron chi connectivity index (χ0n) is 15.2. The van der Waals surface area contributed by atoms with Crippen molar-refractivity contribution in [2.24, 2.45) is 11.7 Å². The van der Waals surface area contributed by atoms with Crippen molar-refractivity contribution in [1.29, 1.82) is 5.41 Å². The molecule has 0 spiro atoms. The van der Waals surface area contributed by atoms with E-state index in [0.717, 1.165) is 4.42 Å². The normalized spacial score (nSPS) is 19.3. The number of pyridine rings is 1. The van der Waals surface area contributed by atoms with Crippen LogP contribution in [-0.4, -0.2) is 36.5 Å². The van der Waals surface area contributed by atoms with Crippen LogP contribution in [0.15, 0.2) is 35.5 Å². The molecule has 1 saturated carbocycles. The molecule has 1 fully saturated rings. The first-order valence-corrected chi connectivity index (χ1v) is 10.4. The molecule has 2 aromatic rings. The fourth-order valence-electron chi connectivity index (χ4n) is 3.34. The average Bonchev–Trinajstić information content (AvgIpc) is 2.66. The summed E-state index contributed by atoms with van der Waals surface area (Å²) in [6.07, 6.45) is 4.80. The lowest BCUT2D eigenvalue weighted by Crippen LogP contribution is -2.38. The predicted octanol–water partition coefficient (Wildman–Crippen LogP) is 2.43. The fourth-order valence-corrected chi connectivity index (χ4v) is 4.81. The van der Waals surface area contributed by atoms with Crippen molar-refractivity contribution in [3.05, 3.63) is 30.6 Å². The van der Waals surface area contributed by atoms with Gasteiger partial charge in [-0.25, -0.2) is 17.6 Å². The fraction of sp³-hybridized carbons (Fsp3) is 0.353. The van der Waals surface area contributed by atoms with Crippen LogP contribution < -0.4 is 14.9 Å². The number of nitrogens with one attached hydrogen (secondary N) is 2. The van der Waals surface area contributed by atoms with Gasteiger partial charge >= 0.3 is 5.97 Å². The second-order valence-corrected chi connectivity index (χ2v) is 8.77. The van der Waals surface area contributed by atoms with Gasteiger partial charge in [0.15, 0.2) is 0 Å². The van der Waals surface area contributed by atoms with E-state index in [1.165, 1.54) is 24.5 Å². The molecule has 1 aliphatic carbocycles. The van der Waals surface area contributed by atoms with Gasteiger partial charge in [-0.05, 0) is 37.8 Å². The van der Waals surface area contributed by atoms with Crippen molar-refractivity contribution in [2.45, 2.75) is 36.6 Å². The summed E-state index contributed by atoms with van der Waals surface area (Å²) >= 11 is 5.98. The molecule has 1 aliphatic rings. The van der Waals surface area contributed by atoms with E-state index in [1.807, 2.05) is 0 Å². The maximum absolute atomic E-state index is 12.7. The number of guanidine groups is 1. The van der Waals surface area contributed by atoms with Crippen molar-refractivity contribution in [3.8, 4) is 0 Å². The Kier molecular flexibility index (Phi) is 7.28. The maximum Gasteiger partial charge on any atom is 0.306 e. The van der Waals surface area contributed by atoms with Crippen molar-refractivity contribution in [3.63, 3.8) is 0 Å². The average molecular weight is 462 g/mol. The number of carboxylic acid groups (broad SMARTS) is 1. The van der Waals surface area contributed by atoms with Gasteiger partial charge in [0.2, 0.25) is 16.0 Å². The van der Waals surface area contributed by atoms with Crippen LogP contribution in [0, 0.1) is 11.3 Å². The molecule has 1 aromatic carbocycles. The van der Waals surface area contributed by atoms with Crippen molar-refractivity contribution in [1.82, 2.24) is 9.71 Å². The summed E-state index contributed by atoms with van der Waals surface area (Å²) in [5.74, 6) is -1.63. The number of halogens is 2. The molecule has 0 amide bonds. The Balaban J connectivity index is 0.00000300. The van der Waals surface area contributed by atoms with Gasteiger partial charge in [-0.2, -0.15) is 0 Å². The van der Waals surface area contributed by atoms with Gasteiger partial charge in [0.1, 0.15) is 0 Å². The number of hydrogen-bond donors (Lipinski definition) is 4. The van der Waals surface area contributed by atoms with Crippen LogP contribution in [0.25, 0.3) is 10.8 Å². The van der Waals surface area contributed by atoms with Crippen LogP contribution in [-0.2, 0) is 14.8 Å². The molecule has 0 atom stereocenters. The molecule has 29 heavy (non-hydrogen) atoms. The van der Waals surface area contributed by atoms with Crippen molar-refractivity contribution in [2.75, 3.05) is 4.42 Å². The first kappa shape index (κ1) is 23.1. The number of sulfonamides is 1. The van der Waals surface area contributed by atoms with Gasteiger partial charge in [0.25, 0.3) is 0 Å². The molecule has 12 heteroatoms. The predicted molar refractivity (Wildman–Crippen MR) is 113 cm³/mol. The molecule has 1 heterocycles. The summed E-state index contributed by atoms with van der Waals surface area (Å²) in [5.41, 5.74) is 5.77. The van der Waals surface area contributed by atoms with E-state index in [4.69, 9.17) is 28.0 Å². The molecule has 0 saturated heterocycles. The number of nitrogens with zero attached hydrogens (tertiary/aromatic N) is 2. The highest BCUT2D eigenvalue weighted by Crippen LogP contribution is 2.30. The second-order valence-electron chi connectivity index (χ2n) is 6.72. The van der Waals surface area contributed by atoms with Crippen LogP contribution >= 0.6 is 24.2 Å². The number of benzene rings is 1. The van der Waals surface area contributed by atoms with Gasteiger partial charge in [0, 0.05) is 34.8 Å². The third-order valence-electron chi connectivity index (χ3n) is 4.84. The Morgan fingerprint density at radius 3 is 2.52 bits per heavy atom. The van der Waals surface area contributed by atoms with Crippen LogP contribution in [0.1, 0.15) is 25.7 Å². The highest BCUT2D eigenvalue weighted by Gasteiger charge is 2.29. The number of carbonyl (C=O) groups is 1. The SMILES string of the molecule is Cl.N=C(N)N(Cl)c1cncc2cc(S(=O)(=O)N[C@H]3CC[C@H](C(=O)O)CC3)ccc12. The number of aliphatic carboxylic acids is 1. The van der Waals surface area contributed by atoms with E-state index < -0.39 is 21.9 Å². The lowest BCUT2D eigenvalue weighted by atomic mass is 9.87. The van der Waals surface area contributed by atoms with E-state index >= 15 is 0 Å². The molecule has 0 unspecified atom stereocenters. The minimum absolute atomic E-state index is 0. The molecular weight excluding hydrogens is 441 g/mol. The van der Waals surface area contributed by atoms with E-state index in [0.29, 0.717) is 42.1 Å². The van der Waals surface area contributed by atoms with E-state index in [1.54, 1.807) is 6.07 Å². The van der Waals surface area contributed by atoms with E-state index in [-0.39, 0.29) is 29.3 Å². The Bertz CT molecular complexity index is 1030. The zero-order valence-corrected chi connectivity index (χ0v) is 17.6. The lowest BCUT2D eigenvalue weighted by molar-refractivity contribution is -0.142. The van der Waals surface area contributed by atoms with Crippen LogP contribution in [0.3, 0.4) is 0 Å². The quantitative estimate of drug-likeness (QED) is 0.303. The van der Waals surface area contributed by atoms with Gasteiger partial charge in [-0.1, -0.05) is 6.07 Å². The van der Waals surface area contributed by atoms with Crippen LogP contribution in [0.5, 0.6) is 0 Å². The number of rotatable bonds is 5. The molecule has 5 N–H and O–H groups in total. The smallest absolute Gasteiger partial charge is 0.306 e. The third kappa shape index (κ3) is 5.08. The minimum atomic E-state index is -3.78. The Morgan fingerprint density at radius 1 is 1.28 bits per heavy atom. The molecule has 158 valence electrons. The van der Waals surface area contributed by atoms with Gasteiger partial charge in [-0.15, -0.1) is 12.4 Å². The number of anilines is 1. The summed E-state index contributed by atoms with van der Waals surface area (Å²) in [6.45, 7) is 0. The van der Waals surface area contributed by atoms with E-state index in [2.05, 4.69) is 9.71 Å². The highest BCUT2D eigenvalue weighted by atomic mass is 35.5. The monoisotopic (exact) mass is 461 g/mol. The summed E-state index contributed by atoms with van der Waals surface area (Å²) in [6, 6.07) is 4.21. The number of aromatic nitrogens is 1. The summed E-state index contributed by atoms with van der Waals surface area (Å²) in [5, 5.41) is 17.6. The summed E-state index contributed by atoms with van der Waals surface area (Å²) < 4.78 is 29.1. The van der Waals surface area contributed by atoms with Crippen molar-refractivity contribution >= 4 is 62.6 Å². The minimum Gasteiger partial charge on any atom is -0.481 e. The second kappa shape index (κ2) is 9.12. The molecule has 9 nitrogen and oxygen atoms in total. The van der Waals surface area contributed by atoms with Crippen LogP contribution in [0.4, 0.5) is 5.69 Å². The van der Waals surface area contributed by atoms with Crippen molar-refractivity contribution < 1.29 is 18.3 Å². The molecule has 0 bridgehead atoms. The molecule has 0 aliphatic heterocycles. The first-order chi connectivity index (χ1) is 13.2. The van der Waals surface area contributed by atoms with Gasteiger partial charge in [-0.3, -0.25) is 15.2 Å². The molecular formula is C17H21Cl2N5O4S. The molecule has 1 aromatic heterocycles. The number of hydrogen-bond acceptors (Lipinski definition) is 5. The summed E-state index contributed by atoms with van der Waals surface area (Å²) in [7, 11) is -3.78. The largest absolute Gasteiger partial charge is 0.481 e. The Hall–Kier alpha value is -2.14. The summed E-state index contributed by atoms with van der Waals surface area (Å²) in [4.78, 5) is 15.1. The number of carboxylic acids is 1. The topological polar surface area (TPSA) is 149 Å². The standard InChI is InChI=1S/C17H20ClN5O4S.ClH/c18-23(17(19)20)15-9-21-8-11-7-13(5-6-14(11)15)28(26,27)22-12-3-1-10(2-4-12)16(24)25;/h5-10,12,22H,1-4H2,(H3,19,20)(H,24,25);1H/t10-,12-;. The lowest BCUT2D eigenvalue weighted by Gasteiger charge is -2.26. The number of nitrogens with two attached hydrogens (primary N) is 1. The Labute approximate surface area is 179 Å². The highest BCUT2D eigenvalue weighted by molar-refractivity contribution is 7.89. The van der Waals surface area contributed by atoms with Gasteiger partial charge < -0.3 is 10.8 Å². The van der Waals surface area contributed by atoms with E-state index in [9.17, 15) is 13.2 Å².